The average Bonchev–Trinajstić information content (AvgIpc) is 3.33. The van der Waals surface area contributed by atoms with E-state index in [1.807, 2.05) is 12.1 Å². The Morgan fingerprint density at radius 1 is 0.852 bits per heavy atom. The van der Waals surface area contributed by atoms with Gasteiger partial charge in [-0.2, -0.15) is 0 Å². The van der Waals surface area contributed by atoms with Gasteiger partial charge in [-0.1, -0.05) is 59.4 Å². The molecule has 2 aromatic carbocycles. The largest absolute Gasteiger partial charge is 0.345 e. The molecule has 0 bridgehead atoms. The minimum Gasteiger partial charge on any atom is -0.345 e. The maximum atomic E-state index is 6.29. The van der Waals surface area contributed by atoms with Crippen molar-refractivity contribution in [2.45, 2.75) is 13.3 Å². The lowest BCUT2D eigenvalue weighted by atomic mass is 10.1. The van der Waals surface area contributed by atoms with E-state index >= 15 is 0 Å². The third-order valence-electron chi connectivity index (χ3n) is 5.05. The highest BCUT2D eigenvalue weighted by Crippen LogP contribution is 2.35. The van der Waals surface area contributed by atoms with E-state index in [1.165, 1.54) is 15.8 Å². The first-order valence-corrected chi connectivity index (χ1v) is 11.2. The lowest BCUT2D eigenvalue weighted by Crippen LogP contribution is -2.46. The zero-order valence-electron chi connectivity index (χ0n) is 15.0. The number of fused-ring (bicyclic) bond motifs is 2. The van der Waals surface area contributed by atoms with Crippen LogP contribution in [0.2, 0.25) is 5.02 Å². The molecule has 27 heavy (non-hydrogen) atoms. The first kappa shape index (κ1) is 17.2. The molecular formula is C20H19ClN4S2. The number of halogens is 1. The number of piperazine rings is 1. The van der Waals surface area contributed by atoms with E-state index < -0.39 is 0 Å². The fourth-order valence-corrected chi connectivity index (χ4v) is 5.92. The van der Waals surface area contributed by atoms with Gasteiger partial charge in [-0.15, -0.1) is 0 Å². The van der Waals surface area contributed by atoms with Crippen LogP contribution in [0.1, 0.15) is 12.5 Å². The molecule has 1 saturated heterocycles. The molecule has 0 atom stereocenters. The molecule has 0 N–H and O–H groups in total. The number of aromatic nitrogens is 2. The summed E-state index contributed by atoms with van der Waals surface area (Å²) in [7, 11) is 0. The predicted molar refractivity (Wildman–Crippen MR) is 118 cm³/mol. The van der Waals surface area contributed by atoms with Crippen molar-refractivity contribution >= 4 is 65.0 Å². The normalized spacial score (nSPS) is 15.2. The molecule has 4 nitrogen and oxygen atoms in total. The van der Waals surface area contributed by atoms with Gasteiger partial charge in [-0.25, -0.2) is 9.97 Å². The van der Waals surface area contributed by atoms with E-state index in [-0.39, 0.29) is 0 Å². The molecule has 7 heteroatoms. The molecule has 1 aliphatic heterocycles. The van der Waals surface area contributed by atoms with Gasteiger partial charge in [-0.3, -0.25) is 0 Å². The van der Waals surface area contributed by atoms with Crippen LogP contribution in [0.25, 0.3) is 20.4 Å². The van der Waals surface area contributed by atoms with E-state index in [1.54, 1.807) is 22.7 Å². The van der Waals surface area contributed by atoms with Crippen LogP contribution in [0.3, 0.4) is 0 Å². The minimum absolute atomic E-state index is 0.731. The van der Waals surface area contributed by atoms with Crippen molar-refractivity contribution in [2.24, 2.45) is 0 Å². The average molecular weight is 415 g/mol. The molecule has 138 valence electrons. The number of hydrogen-bond acceptors (Lipinski definition) is 6. The van der Waals surface area contributed by atoms with E-state index in [0.29, 0.717) is 0 Å². The van der Waals surface area contributed by atoms with Crippen molar-refractivity contribution in [3.63, 3.8) is 0 Å². The molecule has 4 aromatic rings. The summed E-state index contributed by atoms with van der Waals surface area (Å²) < 4.78 is 2.44. The van der Waals surface area contributed by atoms with Gasteiger partial charge >= 0.3 is 0 Å². The van der Waals surface area contributed by atoms with Crippen LogP contribution in [-0.4, -0.2) is 36.1 Å². The molecule has 1 aliphatic rings. The quantitative estimate of drug-likeness (QED) is 0.446. The molecule has 0 aliphatic carbocycles. The number of thiazole rings is 2. The Labute approximate surface area is 171 Å². The Kier molecular flexibility index (Phi) is 4.42. The Bertz CT molecular complexity index is 1110. The summed E-state index contributed by atoms with van der Waals surface area (Å²) in [6.07, 6.45) is 1.02. The molecule has 0 amide bonds. The molecule has 2 aromatic heterocycles. The summed E-state index contributed by atoms with van der Waals surface area (Å²) in [5.74, 6) is 0. The van der Waals surface area contributed by atoms with E-state index in [0.717, 1.165) is 58.1 Å². The summed E-state index contributed by atoms with van der Waals surface area (Å²) in [6, 6.07) is 12.5. The molecule has 0 unspecified atom stereocenters. The second-order valence-electron chi connectivity index (χ2n) is 6.67. The van der Waals surface area contributed by atoms with Gasteiger partial charge in [0.1, 0.15) is 5.52 Å². The Balaban J connectivity index is 1.36. The van der Waals surface area contributed by atoms with Crippen LogP contribution >= 0.6 is 34.3 Å². The number of nitrogens with zero attached hydrogens (tertiary/aromatic N) is 4. The maximum Gasteiger partial charge on any atom is 0.186 e. The highest BCUT2D eigenvalue weighted by atomic mass is 35.5. The lowest BCUT2D eigenvalue weighted by molar-refractivity contribution is 0.651. The zero-order chi connectivity index (χ0) is 18.4. The molecule has 0 radical (unpaired) electrons. The van der Waals surface area contributed by atoms with E-state index in [4.69, 9.17) is 21.6 Å². The number of aryl methyl sites for hydroxylation is 1. The third-order valence-corrected chi connectivity index (χ3v) is 7.52. The number of anilines is 2. The first-order chi connectivity index (χ1) is 13.2. The fourth-order valence-electron chi connectivity index (χ4n) is 3.54. The van der Waals surface area contributed by atoms with Crippen LogP contribution in [0, 0.1) is 0 Å². The second-order valence-corrected chi connectivity index (χ2v) is 9.10. The summed E-state index contributed by atoms with van der Waals surface area (Å²) in [6.45, 7) is 6.02. The van der Waals surface area contributed by atoms with Crippen LogP contribution in [0.4, 0.5) is 10.3 Å². The van der Waals surface area contributed by atoms with E-state index in [2.05, 4.69) is 41.0 Å². The number of rotatable bonds is 3. The molecule has 0 saturated carbocycles. The van der Waals surface area contributed by atoms with Crippen molar-refractivity contribution < 1.29 is 0 Å². The van der Waals surface area contributed by atoms with Crippen molar-refractivity contribution in [1.82, 2.24) is 9.97 Å². The lowest BCUT2D eigenvalue weighted by Gasteiger charge is -2.34. The number of benzene rings is 2. The summed E-state index contributed by atoms with van der Waals surface area (Å²) in [5.41, 5.74) is 3.42. The molecule has 5 rings (SSSR count). The maximum absolute atomic E-state index is 6.29. The molecule has 0 spiro atoms. The number of para-hydroxylation sites is 2. The van der Waals surface area contributed by atoms with Crippen LogP contribution < -0.4 is 9.80 Å². The van der Waals surface area contributed by atoms with Gasteiger partial charge < -0.3 is 9.80 Å². The number of hydrogen-bond donors (Lipinski definition) is 0. The van der Waals surface area contributed by atoms with Crippen molar-refractivity contribution in [1.29, 1.82) is 0 Å². The molecule has 1 fully saturated rings. The second kappa shape index (κ2) is 6.93. The van der Waals surface area contributed by atoms with Gasteiger partial charge in [0.2, 0.25) is 0 Å². The Hall–Kier alpha value is -1.89. The minimum atomic E-state index is 0.731. The van der Waals surface area contributed by atoms with Gasteiger partial charge in [0.25, 0.3) is 0 Å². The van der Waals surface area contributed by atoms with Crippen LogP contribution in [0.5, 0.6) is 0 Å². The SMILES string of the molecule is CCc1cccc2sc(N3CCN(c4nc5c(Cl)cccc5s4)CC3)nc12. The molecule has 3 heterocycles. The summed E-state index contributed by atoms with van der Waals surface area (Å²) in [4.78, 5) is 14.5. The highest BCUT2D eigenvalue weighted by Gasteiger charge is 2.22. The van der Waals surface area contributed by atoms with Crippen molar-refractivity contribution in [3.8, 4) is 0 Å². The monoisotopic (exact) mass is 414 g/mol. The van der Waals surface area contributed by atoms with Crippen molar-refractivity contribution in [2.75, 3.05) is 36.0 Å². The van der Waals surface area contributed by atoms with Crippen molar-refractivity contribution in [3.05, 3.63) is 47.0 Å². The standard InChI is InChI=1S/C20H19ClN4S2/c1-2-13-5-3-7-15-17(13)22-19(26-15)24-9-11-25(12-10-24)20-23-18-14(21)6-4-8-16(18)27-20/h3-8H,2,9-12H2,1H3. The smallest absolute Gasteiger partial charge is 0.186 e. The Morgan fingerprint density at radius 3 is 2.00 bits per heavy atom. The fraction of sp³-hybridized carbons (Fsp3) is 0.300. The first-order valence-electron chi connectivity index (χ1n) is 9.16. The topological polar surface area (TPSA) is 32.3 Å². The van der Waals surface area contributed by atoms with Crippen LogP contribution in [-0.2, 0) is 6.42 Å². The summed E-state index contributed by atoms with van der Waals surface area (Å²) >= 11 is 9.81. The van der Waals surface area contributed by atoms with Gasteiger partial charge in [0.05, 0.1) is 19.9 Å². The van der Waals surface area contributed by atoms with Gasteiger partial charge in [0, 0.05) is 26.2 Å². The zero-order valence-corrected chi connectivity index (χ0v) is 17.4. The third kappa shape index (κ3) is 3.06. The van der Waals surface area contributed by atoms with Crippen LogP contribution in [0.15, 0.2) is 36.4 Å². The van der Waals surface area contributed by atoms with Gasteiger partial charge in [-0.05, 0) is 30.2 Å². The highest BCUT2D eigenvalue weighted by molar-refractivity contribution is 7.22. The summed E-state index contributed by atoms with van der Waals surface area (Å²) in [5, 5.41) is 2.93. The van der Waals surface area contributed by atoms with E-state index in [9.17, 15) is 0 Å². The van der Waals surface area contributed by atoms with Gasteiger partial charge in [0.15, 0.2) is 10.3 Å². The molecular weight excluding hydrogens is 396 g/mol. The predicted octanol–water partition coefficient (Wildman–Crippen LogP) is 5.45. The Morgan fingerprint density at radius 2 is 1.41 bits per heavy atom.